The van der Waals surface area contributed by atoms with Gasteiger partial charge in [-0.25, -0.2) is 13.8 Å². The lowest BCUT2D eigenvalue weighted by molar-refractivity contribution is 0.0903. The third-order valence-electron chi connectivity index (χ3n) is 4.75. The number of fused-ring (bicyclic) bond motifs is 1. The number of rotatable bonds is 5. The van der Waals surface area contributed by atoms with E-state index in [1.807, 2.05) is 0 Å². The third-order valence-corrected chi connectivity index (χ3v) is 4.75. The molecule has 1 N–H and O–H groups in total. The number of hydrogen-bond acceptors (Lipinski definition) is 7. The minimum absolute atomic E-state index is 0. The molecule has 0 spiro atoms. The summed E-state index contributed by atoms with van der Waals surface area (Å²) in [6.07, 6.45) is 3.26. The second kappa shape index (κ2) is 9.44. The second-order valence-corrected chi connectivity index (χ2v) is 7.15. The van der Waals surface area contributed by atoms with Crippen LogP contribution in [0.15, 0.2) is 35.3 Å². The molecule has 0 atom stereocenters. The number of nitrogens with one attached hydrogen (secondary N) is 1. The molecule has 0 unspecified atom stereocenters. The Hall–Kier alpha value is -2.98. The van der Waals surface area contributed by atoms with Crippen molar-refractivity contribution >= 4 is 29.4 Å². The maximum absolute atomic E-state index is 14.0. The van der Waals surface area contributed by atoms with Crippen molar-refractivity contribution in [3.8, 4) is 11.5 Å². The lowest BCUT2D eigenvalue weighted by atomic mass is 10.1. The summed E-state index contributed by atoms with van der Waals surface area (Å²) in [5, 5.41) is 5.34. The number of halogens is 3. The Morgan fingerprint density at radius 2 is 1.94 bits per heavy atom. The molecule has 3 heterocycles. The molecule has 1 saturated heterocycles. The number of benzene rings is 1. The first-order valence-electron chi connectivity index (χ1n) is 9.50. The van der Waals surface area contributed by atoms with Gasteiger partial charge in [0.25, 0.3) is 0 Å². The number of ether oxygens (including phenoxy) is 2. The lowest BCUT2D eigenvalue weighted by Crippen LogP contribution is -2.37. The lowest BCUT2D eigenvalue weighted by Gasteiger charge is -2.24. The van der Waals surface area contributed by atoms with Crippen LogP contribution in [0.3, 0.4) is 0 Å². The Bertz CT molecular complexity index is 1140. The molecule has 4 rings (SSSR count). The normalized spacial score (nSPS) is 14.2. The standard InChI is InChI=1S/C20H21F2N5O3.ClH/c1-26(2)27-18-12(11-23-20(25-18)24-14-5-7-29-8-6-14)9-17(19(27)28)30-16-4-3-13(21)10-15(16)22;/h3-4,9-11,14H,5-8H2,1-2H3,(H,23,24,25);1H. The van der Waals surface area contributed by atoms with Crippen LogP contribution in [0, 0.1) is 11.6 Å². The van der Waals surface area contributed by atoms with Gasteiger partial charge in [-0.2, -0.15) is 9.66 Å². The number of aromatic nitrogens is 3. The zero-order valence-corrected chi connectivity index (χ0v) is 17.8. The van der Waals surface area contributed by atoms with Crippen molar-refractivity contribution in [1.82, 2.24) is 14.6 Å². The Morgan fingerprint density at radius 3 is 2.61 bits per heavy atom. The molecule has 2 aromatic heterocycles. The van der Waals surface area contributed by atoms with Crippen LogP contribution in [-0.4, -0.2) is 48.0 Å². The Kier molecular flexibility index (Phi) is 6.91. The van der Waals surface area contributed by atoms with Crippen LogP contribution in [0.4, 0.5) is 14.7 Å². The molecular weight excluding hydrogens is 432 g/mol. The molecule has 0 amide bonds. The third kappa shape index (κ3) is 4.86. The summed E-state index contributed by atoms with van der Waals surface area (Å²) in [6, 6.07) is 4.52. The molecule has 0 aliphatic carbocycles. The molecule has 0 saturated carbocycles. The maximum Gasteiger partial charge on any atom is 0.313 e. The Morgan fingerprint density at radius 1 is 1.19 bits per heavy atom. The van der Waals surface area contributed by atoms with Crippen molar-refractivity contribution in [3.63, 3.8) is 0 Å². The van der Waals surface area contributed by atoms with Crippen molar-refractivity contribution in [2.75, 3.05) is 37.6 Å². The summed E-state index contributed by atoms with van der Waals surface area (Å²) >= 11 is 0. The van der Waals surface area contributed by atoms with Crippen LogP contribution in [0.1, 0.15) is 12.8 Å². The van der Waals surface area contributed by atoms with E-state index in [1.165, 1.54) is 10.7 Å². The fraction of sp³-hybridized carbons (Fsp3) is 0.350. The highest BCUT2D eigenvalue weighted by Gasteiger charge is 2.18. The van der Waals surface area contributed by atoms with Gasteiger partial charge in [0.2, 0.25) is 5.95 Å². The first-order valence-corrected chi connectivity index (χ1v) is 9.50. The zero-order chi connectivity index (χ0) is 21.3. The minimum atomic E-state index is -0.904. The topological polar surface area (TPSA) is 81.5 Å². The van der Waals surface area contributed by atoms with Crippen LogP contribution >= 0.6 is 12.4 Å². The molecule has 1 aromatic carbocycles. The molecule has 166 valence electrons. The van der Waals surface area contributed by atoms with Crippen LogP contribution in [0.2, 0.25) is 0 Å². The molecule has 0 radical (unpaired) electrons. The van der Waals surface area contributed by atoms with E-state index in [9.17, 15) is 13.6 Å². The summed E-state index contributed by atoms with van der Waals surface area (Å²) in [5.74, 6) is -1.62. The summed E-state index contributed by atoms with van der Waals surface area (Å²) in [4.78, 5) is 21.9. The molecule has 8 nitrogen and oxygen atoms in total. The first-order chi connectivity index (χ1) is 14.4. The highest BCUT2D eigenvalue weighted by Crippen LogP contribution is 2.25. The maximum atomic E-state index is 14.0. The van der Waals surface area contributed by atoms with Gasteiger partial charge in [0, 0.05) is 51.0 Å². The molecule has 3 aromatic rings. The molecule has 0 bridgehead atoms. The molecule has 1 aliphatic rings. The summed E-state index contributed by atoms with van der Waals surface area (Å²) < 4.78 is 39.3. The predicted molar refractivity (Wildman–Crippen MR) is 115 cm³/mol. The van der Waals surface area contributed by atoms with E-state index < -0.39 is 17.2 Å². The molecule has 1 aliphatic heterocycles. The van der Waals surface area contributed by atoms with Gasteiger partial charge in [-0.3, -0.25) is 4.79 Å². The van der Waals surface area contributed by atoms with E-state index in [1.54, 1.807) is 25.3 Å². The molecule has 11 heteroatoms. The van der Waals surface area contributed by atoms with E-state index >= 15 is 0 Å². The quantitative estimate of drug-likeness (QED) is 0.635. The Labute approximate surface area is 183 Å². The highest BCUT2D eigenvalue weighted by molar-refractivity contribution is 5.85. The first kappa shape index (κ1) is 22.7. The van der Waals surface area contributed by atoms with Crippen molar-refractivity contribution in [1.29, 1.82) is 0 Å². The predicted octanol–water partition coefficient (Wildman–Crippen LogP) is 3.07. The number of hydrogen-bond donors (Lipinski definition) is 1. The van der Waals surface area contributed by atoms with Gasteiger partial charge >= 0.3 is 5.56 Å². The summed E-state index contributed by atoms with van der Waals surface area (Å²) in [7, 11) is 3.35. The van der Waals surface area contributed by atoms with Crippen LogP contribution in [0.5, 0.6) is 11.5 Å². The van der Waals surface area contributed by atoms with Gasteiger partial charge < -0.3 is 19.8 Å². The minimum Gasteiger partial charge on any atom is -0.448 e. The van der Waals surface area contributed by atoms with Crippen LogP contribution in [-0.2, 0) is 4.74 Å². The highest BCUT2D eigenvalue weighted by atomic mass is 35.5. The fourth-order valence-electron chi connectivity index (χ4n) is 3.27. The SMILES string of the molecule is CN(C)n1c(=O)c(Oc2ccc(F)cc2F)cc2cnc(NC3CCOCC3)nc21.Cl. The van der Waals surface area contributed by atoms with Gasteiger partial charge in [0.15, 0.2) is 23.0 Å². The zero-order valence-electron chi connectivity index (χ0n) is 17.0. The number of anilines is 1. The fourth-order valence-corrected chi connectivity index (χ4v) is 3.27. The van der Waals surface area contributed by atoms with Crippen LogP contribution in [0.25, 0.3) is 11.0 Å². The van der Waals surface area contributed by atoms with Crippen molar-refractivity contribution in [2.24, 2.45) is 0 Å². The molecule has 31 heavy (non-hydrogen) atoms. The second-order valence-electron chi connectivity index (χ2n) is 7.15. The molecular formula is C20H22ClF2N5O3. The van der Waals surface area contributed by atoms with Gasteiger partial charge in [0.05, 0.1) is 0 Å². The average Bonchev–Trinajstić information content (AvgIpc) is 2.71. The number of nitrogens with zero attached hydrogens (tertiary/aromatic N) is 4. The van der Waals surface area contributed by atoms with Crippen LogP contribution < -0.4 is 20.6 Å². The van der Waals surface area contributed by atoms with Gasteiger partial charge in [-0.15, -0.1) is 12.4 Å². The van der Waals surface area contributed by atoms with E-state index in [2.05, 4.69) is 15.3 Å². The van der Waals surface area contributed by atoms with E-state index in [-0.39, 0.29) is 29.9 Å². The van der Waals surface area contributed by atoms with Gasteiger partial charge in [0.1, 0.15) is 5.82 Å². The van der Waals surface area contributed by atoms with Crippen molar-refractivity contribution in [2.45, 2.75) is 18.9 Å². The Balaban J connectivity index is 0.00000272. The summed E-state index contributed by atoms with van der Waals surface area (Å²) in [6.45, 7) is 1.35. The van der Waals surface area contributed by atoms with Crippen molar-refractivity contribution < 1.29 is 18.3 Å². The largest absolute Gasteiger partial charge is 0.448 e. The van der Waals surface area contributed by atoms with Gasteiger partial charge in [-0.1, -0.05) is 0 Å². The average molecular weight is 454 g/mol. The monoisotopic (exact) mass is 453 g/mol. The molecule has 1 fully saturated rings. The van der Waals surface area contributed by atoms with Crippen molar-refractivity contribution in [3.05, 3.63) is 52.5 Å². The number of pyridine rings is 1. The smallest absolute Gasteiger partial charge is 0.313 e. The van der Waals surface area contributed by atoms with E-state index in [4.69, 9.17) is 9.47 Å². The van der Waals surface area contributed by atoms with Gasteiger partial charge in [-0.05, 0) is 31.0 Å². The summed E-state index contributed by atoms with van der Waals surface area (Å²) in [5.41, 5.74) is -0.159. The van der Waals surface area contributed by atoms with E-state index in [0.29, 0.717) is 36.3 Å². The van der Waals surface area contributed by atoms with E-state index in [0.717, 1.165) is 25.0 Å².